The van der Waals surface area contributed by atoms with Crippen molar-refractivity contribution < 1.29 is 28.6 Å². The molecule has 0 aliphatic rings. The van der Waals surface area contributed by atoms with Gasteiger partial charge in [-0.3, -0.25) is 14.4 Å². The van der Waals surface area contributed by atoms with Crippen molar-refractivity contribution in [2.24, 2.45) is 0 Å². The first-order chi connectivity index (χ1) is 40.0. The van der Waals surface area contributed by atoms with E-state index in [2.05, 4.69) is 99.8 Å². The Bertz CT molecular complexity index is 1530. The first-order valence-corrected chi connectivity index (χ1v) is 35.1. The van der Waals surface area contributed by atoms with E-state index < -0.39 is 6.10 Å². The van der Waals surface area contributed by atoms with E-state index in [0.717, 1.165) is 77.0 Å². The van der Waals surface area contributed by atoms with Gasteiger partial charge in [0.05, 0.1) is 0 Å². The summed E-state index contributed by atoms with van der Waals surface area (Å²) in [7, 11) is 0. The van der Waals surface area contributed by atoms with Crippen molar-refractivity contribution >= 4 is 17.9 Å². The van der Waals surface area contributed by atoms with Crippen molar-refractivity contribution in [2.45, 2.75) is 361 Å². The SMILES string of the molecule is CC/C=C\C/C=C\C/C=C\C/C=C\C/C=C\C/C=C\CCC(=O)OC(COC(=O)CCCCCCCCC/C=C\CCCCCCCCC)COC(=O)CCCCCCCCCCCCCCCCCCCCCCCCCCCC. The van der Waals surface area contributed by atoms with Crippen molar-refractivity contribution in [1.29, 1.82) is 0 Å². The van der Waals surface area contributed by atoms with Crippen LogP contribution in [0.25, 0.3) is 0 Å². The summed E-state index contributed by atoms with van der Waals surface area (Å²) in [6, 6.07) is 0. The molecule has 0 bridgehead atoms. The molecule has 0 aromatic rings. The van der Waals surface area contributed by atoms with Crippen LogP contribution in [0, 0.1) is 0 Å². The van der Waals surface area contributed by atoms with Crippen molar-refractivity contribution in [1.82, 2.24) is 0 Å². The minimum atomic E-state index is -0.820. The Hall–Kier alpha value is -3.41. The molecule has 0 aliphatic carbocycles. The maximum absolute atomic E-state index is 12.9. The lowest BCUT2D eigenvalue weighted by atomic mass is 10.0. The zero-order chi connectivity index (χ0) is 58.5. The Morgan fingerprint density at radius 1 is 0.259 bits per heavy atom. The fraction of sp³-hybridized carbons (Fsp3) is 0.773. The summed E-state index contributed by atoms with van der Waals surface area (Å²) in [5.74, 6) is -0.976. The molecule has 0 aromatic heterocycles. The monoisotopic (exact) mass is 1130 g/mol. The Kier molecular flexibility index (Phi) is 66.2. The van der Waals surface area contributed by atoms with Gasteiger partial charge in [-0.15, -0.1) is 0 Å². The molecule has 0 fully saturated rings. The van der Waals surface area contributed by atoms with Crippen molar-refractivity contribution in [3.8, 4) is 0 Å². The second-order valence-electron chi connectivity index (χ2n) is 23.4. The van der Waals surface area contributed by atoms with E-state index >= 15 is 0 Å². The molecule has 0 saturated carbocycles. The summed E-state index contributed by atoms with van der Waals surface area (Å²) in [5.41, 5.74) is 0. The highest BCUT2D eigenvalue weighted by Gasteiger charge is 2.19. The number of hydrogen-bond acceptors (Lipinski definition) is 6. The van der Waals surface area contributed by atoms with E-state index in [4.69, 9.17) is 14.2 Å². The molecule has 0 heterocycles. The molecule has 0 aliphatic heterocycles. The van der Waals surface area contributed by atoms with Gasteiger partial charge in [0.25, 0.3) is 0 Å². The van der Waals surface area contributed by atoms with Crippen LogP contribution in [0.3, 0.4) is 0 Å². The third kappa shape index (κ3) is 67.3. The number of unbranched alkanes of at least 4 members (excludes halogenated alkanes) is 39. The smallest absolute Gasteiger partial charge is 0.306 e. The average molecular weight is 1130 g/mol. The quantitative estimate of drug-likeness (QED) is 0.0261. The molecule has 0 N–H and O–H groups in total. The van der Waals surface area contributed by atoms with Gasteiger partial charge in [0, 0.05) is 19.3 Å². The van der Waals surface area contributed by atoms with Crippen molar-refractivity contribution in [3.63, 3.8) is 0 Å². The van der Waals surface area contributed by atoms with Crippen LogP contribution in [-0.4, -0.2) is 37.2 Å². The van der Waals surface area contributed by atoms with Crippen molar-refractivity contribution in [2.75, 3.05) is 13.2 Å². The lowest BCUT2D eigenvalue weighted by molar-refractivity contribution is -0.166. The number of ether oxygens (including phenoxy) is 3. The molecule has 468 valence electrons. The van der Waals surface area contributed by atoms with E-state index in [0.29, 0.717) is 19.3 Å². The number of carbonyl (C=O) groups is 3. The zero-order valence-corrected chi connectivity index (χ0v) is 53.8. The number of allylic oxidation sites excluding steroid dienone is 14. The normalized spacial score (nSPS) is 12.6. The van der Waals surface area contributed by atoms with Gasteiger partial charge in [-0.2, -0.15) is 0 Å². The van der Waals surface area contributed by atoms with Gasteiger partial charge in [-0.1, -0.05) is 337 Å². The van der Waals surface area contributed by atoms with Crippen LogP contribution in [0.5, 0.6) is 0 Å². The first-order valence-electron chi connectivity index (χ1n) is 35.1. The topological polar surface area (TPSA) is 78.9 Å². The second kappa shape index (κ2) is 69.1. The summed E-state index contributed by atoms with van der Waals surface area (Å²) < 4.78 is 16.9. The Morgan fingerprint density at radius 2 is 0.506 bits per heavy atom. The molecule has 0 amide bonds. The number of esters is 3. The predicted octanol–water partition coefficient (Wildman–Crippen LogP) is 24.2. The maximum Gasteiger partial charge on any atom is 0.306 e. The van der Waals surface area contributed by atoms with Gasteiger partial charge in [-0.05, 0) is 83.5 Å². The van der Waals surface area contributed by atoms with Crippen LogP contribution in [0.2, 0.25) is 0 Å². The minimum Gasteiger partial charge on any atom is -0.462 e. The van der Waals surface area contributed by atoms with Gasteiger partial charge in [-0.25, -0.2) is 0 Å². The molecular weight excluding hydrogens is 997 g/mol. The van der Waals surface area contributed by atoms with Gasteiger partial charge < -0.3 is 14.2 Å². The Morgan fingerprint density at radius 3 is 0.802 bits per heavy atom. The molecule has 0 rings (SSSR count). The number of rotatable bonds is 64. The van der Waals surface area contributed by atoms with Gasteiger partial charge in [0.15, 0.2) is 6.10 Å². The summed E-state index contributed by atoms with van der Waals surface area (Å²) in [5, 5.41) is 0. The average Bonchev–Trinajstić information content (AvgIpc) is 3.47. The standard InChI is InChI=1S/C75H132O6/c1-4-7-10-13-16-19-22-25-28-31-34-35-36-37-38-39-40-42-44-47-50-53-56-59-62-65-68-74(77)80-71-72(70-79-73(76)67-64-61-58-55-52-49-46-43-33-30-27-24-21-18-15-12-9-6-3)81-75(78)69-66-63-60-57-54-51-48-45-41-32-29-26-23-20-17-14-11-8-5-2/h8,11,17,20,26,29-30,33,41,45,51,54,60,63,72H,4-7,9-10,12-16,18-19,21-25,27-28,31-32,34-40,42-44,46-50,52-53,55-59,61-62,64-71H2,1-3H3/b11-8-,20-17-,29-26-,33-30-,45-41-,54-51-,63-60-. The molecule has 0 saturated heterocycles. The lowest BCUT2D eigenvalue weighted by Crippen LogP contribution is -2.30. The molecule has 1 unspecified atom stereocenters. The minimum absolute atomic E-state index is 0.105. The van der Waals surface area contributed by atoms with Crippen LogP contribution in [0.4, 0.5) is 0 Å². The highest BCUT2D eigenvalue weighted by molar-refractivity contribution is 5.71. The van der Waals surface area contributed by atoms with Crippen LogP contribution < -0.4 is 0 Å². The highest BCUT2D eigenvalue weighted by Crippen LogP contribution is 2.18. The molecule has 0 spiro atoms. The van der Waals surface area contributed by atoms with Gasteiger partial charge in [0.1, 0.15) is 13.2 Å². The molecule has 1 atom stereocenters. The number of hydrogen-bond donors (Lipinski definition) is 0. The van der Waals surface area contributed by atoms with Crippen LogP contribution in [-0.2, 0) is 28.6 Å². The zero-order valence-electron chi connectivity index (χ0n) is 53.8. The maximum atomic E-state index is 12.9. The van der Waals surface area contributed by atoms with Crippen LogP contribution in [0.1, 0.15) is 355 Å². The van der Waals surface area contributed by atoms with E-state index in [1.165, 1.54) is 231 Å². The van der Waals surface area contributed by atoms with E-state index in [1.54, 1.807) is 0 Å². The van der Waals surface area contributed by atoms with Gasteiger partial charge >= 0.3 is 17.9 Å². The summed E-state index contributed by atoms with van der Waals surface area (Å²) in [6.45, 7) is 6.51. The van der Waals surface area contributed by atoms with Crippen LogP contribution >= 0.6 is 0 Å². The summed E-state index contributed by atoms with van der Waals surface area (Å²) in [6.07, 6.45) is 92.0. The largest absolute Gasteiger partial charge is 0.462 e. The molecular formula is C75H132O6. The third-order valence-corrected chi connectivity index (χ3v) is 15.4. The summed E-state index contributed by atoms with van der Waals surface area (Å²) in [4.78, 5) is 38.4. The molecule has 81 heavy (non-hydrogen) atoms. The summed E-state index contributed by atoms with van der Waals surface area (Å²) >= 11 is 0. The molecule has 0 radical (unpaired) electrons. The van der Waals surface area contributed by atoms with E-state index in [9.17, 15) is 14.4 Å². The predicted molar refractivity (Wildman–Crippen MR) is 353 cm³/mol. The fourth-order valence-corrected chi connectivity index (χ4v) is 10.2. The number of carbonyl (C=O) groups excluding carboxylic acids is 3. The fourth-order valence-electron chi connectivity index (χ4n) is 10.2. The molecule has 0 aromatic carbocycles. The van der Waals surface area contributed by atoms with Crippen molar-refractivity contribution in [3.05, 3.63) is 85.1 Å². The Balaban J connectivity index is 4.38. The lowest BCUT2D eigenvalue weighted by Gasteiger charge is -2.18. The molecule has 6 nitrogen and oxygen atoms in total. The second-order valence-corrected chi connectivity index (χ2v) is 23.4. The van der Waals surface area contributed by atoms with Gasteiger partial charge in [0.2, 0.25) is 0 Å². The highest BCUT2D eigenvalue weighted by atomic mass is 16.6. The first kappa shape index (κ1) is 77.6. The Labute approximate surface area is 503 Å². The van der Waals surface area contributed by atoms with E-state index in [1.807, 2.05) is 6.08 Å². The molecule has 6 heteroatoms. The van der Waals surface area contributed by atoms with Crippen LogP contribution in [0.15, 0.2) is 85.1 Å². The van der Waals surface area contributed by atoms with E-state index in [-0.39, 0.29) is 37.5 Å². The third-order valence-electron chi connectivity index (χ3n) is 15.4.